The first-order valence-electron chi connectivity index (χ1n) is 9.16. The van der Waals surface area contributed by atoms with Crippen molar-refractivity contribution in [3.05, 3.63) is 47.2 Å². The predicted molar refractivity (Wildman–Crippen MR) is 114 cm³/mol. The van der Waals surface area contributed by atoms with Crippen LogP contribution < -0.4 is 9.92 Å². The van der Waals surface area contributed by atoms with E-state index in [4.69, 9.17) is 9.72 Å². The van der Waals surface area contributed by atoms with Gasteiger partial charge in [0, 0.05) is 18.8 Å². The van der Waals surface area contributed by atoms with Crippen LogP contribution in [0.5, 0.6) is 5.88 Å². The third-order valence-corrected chi connectivity index (χ3v) is 6.45. The first-order valence-corrected chi connectivity index (χ1v) is 12.7. The number of hydrogen-bond donors (Lipinski definition) is 0. The molecule has 1 aromatic heterocycles. The Labute approximate surface area is 159 Å². The molecule has 0 radical (unpaired) electrons. The summed E-state index contributed by atoms with van der Waals surface area (Å²) in [7, 11) is 0.396. The van der Waals surface area contributed by atoms with Crippen LogP contribution in [-0.2, 0) is 6.61 Å². The van der Waals surface area contributed by atoms with E-state index in [9.17, 15) is 0 Å². The average molecular weight is 370 g/mol. The van der Waals surface area contributed by atoms with Crippen LogP contribution in [0, 0.1) is 13.8 Å². The molecule has 4 nitrogen and oxygen atoms in total. The summed E-state index contributed by atoms with van der Waals surface area (Å²) >= 11 is 0. The summed E-state index contributed by atoms with van der Waals surface area (Å²) in [6.45, 7) is 14.6. The lowest BCUT2D eigenvalue weighted by Gasteiger charge is -2.22. The lowest BCUT2D eigenvalue weighted by Crippen LogP contribution is -2.39. The minimum atomic E-state index is -1.62. The topological polar surface area (TPSA) is 37.7 Å². The summed E-state index contributed by atoms with van der Waals surface area (Å²) in [5.41, 5.74) is 4.25. The summed E-state index contributed by atoms with van der Waals surface area (Å²) in [6.07, 6.45) is 1.87. The highest BCUT2D eigenvalue weighted by molar-refractivity contribution is 6.89. The largest absolute Gasteiger partial charge is 0.473 e. The first kappa shape index (κ1) is 20.2. The zero-order chi connectivity index (χ0) is 19.3. The second-order valence-corrected chi connectivity index (χ2v) is 12.8. The summed E-state index contributed by atoms with van der Waals surface area (Å²) < 4.78 is 6.17. The van der Waals surface area contributed by atoms with Gasteiger partial charge in [0.1, 0.15) is 6.61 Å². The van der Waals surface area contributed by atoms with Crippen LogP contribution in [0.15, 0.2) is 35.3 Å². The molecule has 140 valence electrons. The molecule has 0 aliphatic carbocycles. The molecule has 0 fully saturated rings. The van der Waals surface area contributed by atoms with E-state index in [2.05, 4.69) is 67.6 Å². The molecule has 0 N–H and O–H groups in total. The number of aromatic nitrogens is 1. The maximum Gasteiger partial charge on any atom is 0.213 e. The second-order valence-electron chi connectivity index (χ2n) is 7.73. The van der Waals surface area contributed by atoms with Crippen molar-refractivity contribution in [3.63, 3.8) is 0 Å². The van der Waals surface area contributed by atoms with Crippen LogP contribution in [0.3, 0.4) is 0 Å². The van der Waals surface area contributed by atoms with Crippen molar-refractivity contribution in [2.24, 2.45) is 4.99 Å². The fourth-order valence-corrected chi connectivity index (χ4v) is 3.85. The molecule has 5 heteroatoms. The van der Waals surface area contributed by atoms with Gasteiger partial charge in [-0.15, -0.1) is 0 Å². The van der Waals surface area contributed by atoms with Gasteiger partial charge < -0.3 is 9.64 Å². The third kappa shape index (κ3) is 5.18. The maximum absolute atomic E-state index is 6.17. The monoisotopic (exact) mass is 369 g/mol. The molecule has 2 rings (SSSR count). The highest BCUT2D eigenvalue weighted by Crippen LogP contribution is 2.23. The van der Waals surface area contributed by atoms with Gasteiger partial charge in [-0.05, 0) is 38.0 Å². The zero-order valence-electron chi connectivity index (χ0n) is 17.1. The van der Waals surface area contributed by atoms with Crippen molar-refractivity contribution in [1.29, 1.82) is 0 Å². The van der Waals surface area contributed by atoms with Gasteiger partial charge in [0.2, 0.25) is 5.88 Å². The number of rotatable bonds is 7. The molecule has 0 saturated carbocycles. The normalized spacial score (nSPS) is 11.8. The molecule has 26 heavy (non-hydrogen) atoms. The molecule has 2 aromatic rings. The van der Waals surface area contributed by atoms with Crippen LogP contribution in [0.25, 0.3) is 0 Å². The van der Waals surface area contributed by atoms with Crippen molar-refractivity contribution in [3.8, 4) is 5.88 Å². The van der Waals surface area contributed by atoms with E-state index < -0.39 is 8.07 Å². The van der Waals surface area contributed by atoms with Crippen LogP contribution in [0.1, 0.15) is 23.7 Å². The van der Waals surface area contributed by atoms with Crippen molar-refractivity contribution < 1.29 is 4.74 Å². The Morgan fingerprint density at radius 3 is 2.50 bits per heavy atom. The van der Waals surface area contributed by atoms with E-state index in [0.29, 0.717) is 6.61 Å². The van der Waals surface area contributed by atoms with Crippen molar-refractivity contribution in [2.45, 2.75) is 47.0 Å². The standard InChI is InChI=1S/C21H31N3OSi/c1-8-24(4)15-22-19-13-20(26(5,6)7)21(23-17(19)3)25-14-18-12-10-9-11-16(18)2/h9-13,15H,8,14H2,1-7H3/b22-15+. The molecule has 1 heterocycles. The Bertz CT molecular complexity index is 781. The minimum absolute atomic E-state index is 0.539. The van der Waals surface area contributed by atoms with E-state index in [0.717, 1.165) is 23.8 Å². The van der Waals surface area contributed by atoms with Gasteiger partial charge >= 0.3 is 0 Å². The van der Waals surface area contributed by atoms with E-state index >= 15 is 0 Å². The van der Waals surface area contributed by atoms with Crippen LogP contribution in [-0.4, -0.2) is 37.9 Å². The quantitative estimate of drug-likeness (QED) is 0.411. The van der Waals surface area contributed by atoms with Gasteiger partial charge in [-0.3, -0.25) is 0 Å². The van der Waals surface area contributed by atoms with Gasteiger partial charge in [0.25, 0.3) is 0 Å². The van der Waals surface area contributed by atoms with E-state index in [1.807, 2.05) is 26.4 Å². The van der Waals surface area contributed by atoms with Gasteiger partial charge in [0.15, 0.2) is 0 Å². The van der Waals surface area contributed by atoms with Crippen molar-refractivity contribution in [2.75, 3.05) is 13.6 Å². The van der Waals surface area contributed by atoms with E-state index in [1.54, 1.807) is 0 Å². The zero-order valence-corrected chi connectivity index (χ0v) is 18.1. The number of aliphatic imine (C=N–C) groups is 1. The fourth-order valence-electron chi connectivity index (χ4n) is 2.51. The number of nitrogens with zero attached hydrogens (tertiary/aromatic N) is 3. The Kier molecular flexibility index (Phi) is 6.59. The maximum atomic E-state index is 6.17. The molecular weight excluding hydrogens is 338 g/mol. The lowest BCUT2D eigenvalue weighted by molar-refractivity contribution is 0.295. The van der Waals surface area contributed by atoms with Crippen LogP contribution in [0.2, 0.25) is 19.6 Å². The van der Waals surface area contributed by atoms with Crippen molar-refractivity contribution in [1.82, 2.24) is 9.88 Å². The molecular formula is C21H31N3OSi. The van der Waals surface area contributed by atoms with E-state index in [-0.39, 0.29) is 0 Å². The van der Waals surface area contributed by atoms with Gasteiger partial charge in [-0.2, -0.15) is 0 Å². The summed E-state index contributed by atoms with van der Waals surface area (Å²) in [5, 5.41) is 1.21. The molecule has 0 aliphatic heterocycles. The minimum Gasteiger partial charge on any atom is -0.473 e. The Balaban J connectivity index is 2.35. The fraction of sp³-hybridized carbons (Fsp3) is 0.429. The molecule has 0 unspecified atom stereocenters. The lowest BCUT2D eigenvalue weighted by atomic mass is 10.1. The van der Waals surface area contributed by atoms with Crippen LogP contribution in [0.4, 0.5) is 5.69 Å². The predicted octanol–water partition coefficient (Wildman–Crippen LogP) is 4.43. The molecule has 0 saturated heterocycles. The molecule has 0 aliphatic rings. The van der Waals surface area contributed by atoms with Gasteiger partial charge in [0.05, 0.1) is 25.8 Å². The Morgan fingerprint density at radius 1 is 1.19 bits per heavy atom. The summed E-state index contributed by atoms with van der Waals surface area (Å²) in [5.74, 6) is 0.757. The number of benzene rings is 1. The first-order chi connectivity index (χ1) is 12.2. The number of aryl methyl sites for hydroxylation is 2. The molecule has 0 bridgehead atoms. The SMILES string of the molecule is CCN(C)/C=N/c1cc([Si](C)(C)C)c(OCc2ccccc2C)nc1C. The molecule has 0 atom stereocenters. The van der Waals surface area contributed by atoms with Crippen LogP contribution >= 0.6 is 0 Å². The van der Waals surface area contributed by atoms with Gasteiger partial charge in [-0.1, -0.05) is 43.9 Å². The summed E-state index contributed by atoms with van der Waals surface area (Å²) in [6, 6.07) is 10.5. The van der Waals surface area contributed by atoms with Crippen molar-refractivity contribution >= 4 is 25.3 Å². The summed E-state index contributed by atoms with van der Waals surface area (Å²) in [4.78, 5) is 11.4. The second kappa shape index (κ2) is 8.49. The molecule has 0 amide bonds. The third-order valence-electron chi connectivity index (χ3n) is 4.48. The molecule has 1 aromatic carbocycles. The highest BCUT2D eigenvalue weighted by atomic mass is 28.3. The number of ether oxygens (including phenoxy) is 1. The smallest absolute Gasteiger partial charge is 0.213 e. The molecule has 0 spiro atoms. The number of hydrogen-bond acceptors (Lipinski definition) is 3. The Morgan fingerprint density at radius 2 is 1.88 bits per heavy atom. The highest BCUT2D eigenvalue weighted by Gasteiger charge is 2.24. The Hall–Kier alpha value is -2.14. The van der Waals surface area contributed by atoms with Gasteiger partial charge in [-0.25, -0.2) is 9.98 Å². The number of pyridine rings is 1. The average Bonchev–Trinajstić information content (AvgIpc) is 2.58. The van der Waals surface area contributed by atoms with E-state index in [1.165, 1.54) is 16.3 Å².